The van der Waals surface area contributed by atoms with Crippen molar-refractivity contribution in [3.05, 3.63) is 76.6 Å². The summed E-state index contributed by atoms with van der Waals surface area (Å²) in [6.45, 7) is 0.955. The molecule has 3 aromatic rings. The van der Waals surface area contributed by atoms with Gasteiger partial charge in [0.2, 0.25) is 0 Å². The van der Waals surface area contributed by atoms with Gasteiger partial charge in [-0.25, -0.2) is 13.5 Å². The zero-order valence-electron chi connectivity index (χ0n) is 13.9. The normalized spacial score (nSPS) is 10.6. The van der Waals surface area contributed by atoms with Gasteiger partial charge in [-0.3, -0.25) is 0 Å². The summed E-state index contributed by atoms with van der Waals surface area (Å²) in [6, 6.07) is 13.1. The fourth-order valence-corrected chi connectivity index (χ4v) is 2.62. The number of ether oxygens (including phenoxy) is 1. The summed E-state index contributed by atoms with van der Waals surface area (Å²) in [6.07, 6.45) is 0. The second-order valence-corrected chi connectivity index (χ2v) is 5.60. The predicted octanol–water partition coefficient (Wildman–Crippen LogP) is 3.40. The van der Waals surface area contributed by atoms with E-state index in [2.05, 4.69) is 11.2 Å². The number of aromatic nitrogens is 2. The minimum atomic E-state index is -0.921. The van der Waals surface area contributed by atoms with Gasteiger partial charge in [0.05, 0.1) is 23.7 Å². The van der Waals surface area contributed by atoms with Crippen molar-refractivity contribution < 1.29 is 18.6 Å². The van der Waals surface area contributed by atoms with E-state index < -0.39 is 24.0 Å². The fourth-order valence-electron chi connectivity index (χ4n) is 2.62. The summed E-state index contributed by atoms with van der Waals surface area (Å²) >= 11 is 0. The molecule has 0 spiro atoms. The van der Waals surface area contributed by atoms with Gasteiger partial charge < -0.3 is 9.84 Å². The number of rotatable bonds is 5. The lowest BCUT2D eigenvalue weighted by molar-refractivity contribution is 0.261. The molecule has 0 saturated heterocycles. The topological polar surface area (TPSA) is 71.1 Å². The van der Waals surface area contributed by atoms with E-state index in [-0.39, 0.29) is 12.2 Å². The van der Waals surface area contributed by atoms with Crippen LogP contribution in [0.5, 0.6) is 5.75 Å². The van der Waals surface area contributed by atoms with Crippen molar-refractivity contribution in [2.24, 2.45) is 0 Å². The number of para-hydroxylation sites is 1. The number of nitrogens with zero attached hydrogens (tertiary/aromatic N) is 3. The van der Waals surface area contributed by atoms with E-state index in [0.717, 1.165) is 12.1 Å². The number of hydrogen-bond donors (Lipinski definition) is 1. The van der Waals surface area contributed by atoms with Crippen LogP contribution >= 0.6 is 0 Å². The van der Waals surface area contributed by atoms with Crippen LogP contribution in [-0.4, -0.2) is 14.9 Å². The maximum Gasteiger partial charge on any atom is 0.191 e. The van der Waals surface area contributed by atoms with E-state index >= 15 is 0 Å². The van der Waals surface area contributed by atoms with Crippen LogP contribution in [-0.2, 0) is 13.2 Å². The number of halogens is 2. The van der Waals surface area contributed by atoms with Crippen LogP contribution < -0.4 is 4.74 Å². The zero-order valence-corrected chi connectivity index (χ0v) is 13.9. The van der Waals surface area contributed by atoms with Gasteiger partial charge in [-0.1, -0.05) is 18.2 Å². The zero-order chi connectivity index (χ0) is 18.7. The molecule has 1 N–H and O–H groups in total. The Hall–Kier alpha value is -3.24. The highest BCUT2D eigenvalue weighted by atomic mass is 19.1. The van der Waals surface area contributed by atoms with E-state index in [0.29, 0.717) is 22.6 Å². The van der Waals surface area contributed by atoms with Crippen molar-refractivity contribution >= 4 is 0 Å². The molecule has 5 nitrogen and oxygen atoms in total. The number of hydrogen-bond acceptors (Lipinski definition) is 4. The summed E-state index contributed by atoms with van der Waals surface area (Å²) in [4.78, 5) is 0. The Kier molecular flexibility index (Phi) is 4.96. The molecular weight excluding hydrogens is 340 g/mol. The third kappa shape index (κ3) is 3.27. The number of aliphatic hydroxyl groups is 1. The Morgan fingerprint density at radius 3 is 2.42 bits per heavy atom. The number of aryl methyl sites for hydroxylation is 1. The standard InChI is InChI=1S/C19H15F2N3O2/c1-12-15(9-22)18(24(23-12)14-5-3-2-4-6-14)11-26-19-16(20)7-13(10-25)8-17(19)21/h2-8,25H,10-11H2,1H3. The van der Waals surface area contributed by atoms with Gasteiger partial charge >= 0.3 is 0 Å². The van der Waals surface area contributed by atoms with Crippen LogP contribution in [0.15, 0.2) is 42.5 Å². The summed E-state index contributed by atoms with van der Waals surface area (Å²) in [5, 5.41) is 22.7. The van der Waals surface area contributed by atoms with Crippen molar-refractivity contribution in [3.63, 3.8) is 0 Å². The van der Waals surface area contributed by atoms with E-state index in [1.54, 1.807) is 19.1 Å². The van der Waals surface area contributed by atoms with Crippen LogP contribution in [0.25, 0.3) is 5.69 Å². The molecule has 2 aromatic carbocycles. The molecule has 26 heavy (non-hydrogen) atoms. The Morgan fingerprint density at radius 1 is 1.19 bits per heavy atom. The van der Waals surface area contributed by atoms with Crippen LogP contribution in [0.4, 0.5) is 8.78 Å². The van der Waals surface area contributed by atoms with Crippen LogP contribution in [0.2, 0.25) is 0 Å². The molecule has 0 aliphatic rings. The maximum absolute atomic E-state index is 14.0. The molecule has 132 valence electrons. The van der Waals surface area contributed by atoms with Gasteiger partial charge in [-0.2, -0.15) is 10.4 Å². The largest absolute Gasteiger partial charge is 0.481 e. The van der Waals surface area contributed by atoms with Crippen molar-refractivity contribution in [2.45, 2.75) is 20.1 Å². The average Bonchev–Trinajstić information content (AvgIpc) is 2.97. The van der Waals surface area contributed by atoms with E-state index in [9.17, 15) is 14.0 Å². The first-order valence-corrected chi connectivity index (χ1v) is 7.80. The molecule has 0 fully saturated rings. The van der Waals surface area contributed by atoms with E-state index in [4.69, 9.17) is 9.84 Å². The smallest absolute Gasteiger partial charge is 0.191 e. The first-order valence-electron chi connectivity index (χ1n) is 7.80. The number of nitriles is 1. The molecule has 0 radical (unpaired) electrons. The van der Waals surface area contributed by atoms with Crippen LogP contribution in [0, 0.1) is 29.9 Å². The van der Waals surface area contributed by atoms with Gasteiger partial charge in [-0.05, 0) is 36.8 Å². The molecule has 1 heterocycles. The van der Waals surface area contributed by atoms with Crippen molar-refractivity contribution in [1.82, 2.24) is 9.78 Å². The summed E-state index contributed by atoms with van der Waals surface area (Å²) in [5.41, 5.74) is 1.98. The Labute approximate surface area is 148 Å². The van der Waals surface area contributed by atoms with Gasteiger partial charge in [-0.15, -0.1) is 0 Å². The van der Waals surface area contributed by atoms with Crippen molar-refractivity contribution in [2.75, 3.05) is 0 Å². The Morgan fingerprint density at radius 2 is 1.85 bits per heavy atom. The Balaban J connectivity index is 1.97. The first-order chi connectivity index (χ1) is 12.5. The molecular formula is C19H15F2N3O2. The first kappa shape index (κ1) is 17.6. The van der Waals surface area contributed by atoms with Gasteiger partial charge in [0.1, 0.15) is 18.2 Å². The van der Waals surface area contributed by atoms with Gasteiger partial charge in [0.15, 0.2) is 17.4 Å². The van der Waals surface area contributed by atoms with E-state index in [1.807, 2.05) is 18.2 Å². The van der Waals surface area contributed by atoms with Crippen LogP contribution in [0.3, 0.4) is 0 Å². The second kappa shape index (κ2) is 7.33. The lowest BCUT2D eigenvalue weighted by Crippen LogP contribution is -2.08. The highest BCUT2D eigenvalue weighted by Crippen LogP contribution is 2.26. The van der Waals surface area contributed by atoms with Crippen LogP contribution in [0.1, 0.15) is 22.5 Å². The summed E-state index contributed by atoms with van der Waals surface area (Å²) < 4.78 is 34.9. The quantitative estimate of drug-likeness (QED) is 0.761. The molecule has 0 aliphatic carbocycles. The van der Waals surface area contributed by atoms with E-state index in [1.165, 1.54) is 4.68 Å². The summed E-state index contributed by atoms with van der Waals surface area (Å²) in [7, 11) is 0. The third-order valence-electron chi connectivity index (χ3n) is 3.86. The second-order valence-electron chi connectivity index (χ2n) is 5.60. The summed E-state index contributed by atoms with van der Waals surface area (Å²) in [5.74, 6) is -2.41. The molecule has 7 heteroatoms. The molecule has 0 bridgehead atoms. The predicted molar refractivity (Wildman–Crippen MR) is 89.6 cm³/mol. The minimum Gasteiger partial charge on any atom is -0.481 e. The molecule has 0 unspecified atom stereocenters. The SMILES string of the molecule is Cc1nn(-c2ccccc2)c(COc2c(F)cc(CO)cc2F)c1C#N. The highest BCUT2D eigenvalue weighted by Gasteiger charge is 2.19. The highest BCUT2D eigenvalue weighted by molar-refractivity contribution is 5.43. The van der Waals surface area contributed by atoms with Gasteiger partial charge in [0.25, 0.3) is 0 Å². The molecule has 0 aliphatic heterocycles. The fraction of sp³-hybridized carbons (Fsp3) is 0.158. The number of aliphatic hydroxyl groups excluding tert-OH is 1. The average molecular weight is 355 g/mol. The monoisotopic (exact) mass is 355 g/mol. The maximum atomic E-state index is 14.0. The lowest BCUT2D eigenvalue weighted by Gasteiger charge is -2.12. The molecule has 0 atom stereocenters. The lowest BCUT2D eigenvalue weighted by atomic mass is 10.2. The molecule has 0 saturated carbocycles. The molecule has 0 amide bonds. The Bertz CT molecular complexity index is 955. The molecule has 1 aromatic heterocycles. The van der Waals surface area contributed by atoms with Crippen molar-refractivity contribution in [3.8, 4) is 17.5 Å². The van der Waals surface area contributed by atoms with Gasteiger partial charge in [0, 0.05) is 0 Å². The number of benzene rings is 2. The molecule has 3 rings (SSSR count). The minimum absolute atomic E-state index is 0.107. The third-order valence-corrected chi connectivity index (χ3v) is 3.86. The van der Waals surface area contributed by atoms with Crippen molar-refractivity contribution in [1.29, 1.82) is 5.26 Å².